The largest absolute Gasteiger partial charge is 0.361 e. The van der Waals surface area contributed by atoms with E-state index in [-0.39, 0.29) is 0 Å². The minimum absolute atomic E-state index is 0.419. The fourth-order valence-corrected chi connectivity index (χ4v) is 2.33. The minimum atomic E-state index is 0.419. The van der Waals surface area contributed by atoms with Gasteiger partial charge in [-0.1, -0.05) is 13.0 Å². The molecule has 0 amide bonds. The monoisotopic (exact) mass is 231 g/mol. The molecule has 1 unspecified atom stereocenters. The Morgan fingerprint density at radius 2 is 2.18 bits per heavy atom. The number of likely N-dealkylation sites (N-methyl/N-ethyl adjacent to an activating group) is 1. The summed E-state index contributed by atoms with van der Waals surface area (Å²) in [6.07, 6.45) is 1.98. The van der Waals surface area contributed by atoms with Crippen molar-refractivity contribution in [3.05, 3.63) is 36.0 Å². The first-order chi connectivity index (χ1) is 8.26. The molecule has 0 saturated heterocycles. The summed E-state index contributed by atoms with van der Waals surface area (Å²) in [5, 5.41) is 1.28. The summed E-state index contributed by atoms with van der Waals surface area (Å²) >= 11 is 0. The number of nitrogens with zero attached hydrogens (tertiary/aromatic N) is 1. The van der Waals surface area contributed by atoms with Gasteiger partial charge in [0.15, 0.2) is 0 Å². The fourth-order valence-electron chi connectivity index (χ4n) is 2.33. The molecule has 0 aliphatic heterocycles. The zero-order valence-corrected chi connectivity index (χ0v) is 10.6. The summed E-state index contributed by atoms with van der Waals surface area (Å²) in [6.45, 7) is 7.12. The number of hydrogen-bond donors (Lipinski definition) is 2. The maximum Gasteiger partial charge on any atom is 0.0454 e. The van der Waals surface area contributed by atoms with Crippen LogP contribution in [0.4, 0.5) is 0 Å². The standard InChI is InChI=1S/C14H21N3/c1-3-17(9-7-15)11(2)12-4-5-14-13(10-12)6-8-16-14/h4-6,8,10-11,16H,3,7,9,15H2,1-2H3. The molecule has 3 N–H and O–H groups in total. The van der Waals surface area contributed by atoms with Crippen LogP contribution in [0.5, 0.6) is 0 Å². The van der Waals surface area contributed by atoms with Gasteiger partial charge in [0.05, 0.1) is 0 Å². The van der Waals surface area contributed by atoms with Gasteiger partial charge in [-0.15, -0.1) is 0 Å². The summed E-state index contributed by atoms with van der Waals surface area (Å²) in [5.41, 5.74) is 8.20. The van der Waals surface area contributed by atoms with Crippen molar-refractivity contribution in [2.75, 3.05) is 19.6 Å². The van der Waals surface area contributed by atoms with E-state index in [1.807, 2.05) is 6.20 Å². The van der Waals surface area contributed by atoms with Crippen LogP contribution in [0.15, 0.2) is 30.5 Å². The van der Waals surface area contributed by atoms with Gasteiger partial charge in [0.2, 0.25) is 0 Å². The van der Waals surface area contributed by atoms with Crippen LogP contribution in [0.25, 0.3) is 10.9 Å². The van der Waals surface area contributed by atoms with Crippen LogP contribution >= 0.6 is 0 Å². The SMILES string of the molecule is CCN(CCN)C(C)c1ccc2[nH]ccc2c1. The molecule has 0 spiro atoms. The molecule has 2 rings (SSSR count). The third kappa shape index (κ3) is 2.51. The topological polar surface area (TPSA) is 45.0 Å². The van der Waals surface area contributed by atoms with E-state index in [2.05, 4.69) is 48.0 Å². The Hall–Kier alpha value is -1.32. The van der Waals surface area contributed by atoms with Crippen molar-refractivity contribution in [1.82, 2.24) is 9.88 Å². The number of H-pyrrole nitrogens is 1. The number of rotatable bonds is 5. The second-order valence-electron chi connectivity index (χ2n) is 4.42. The highest BCUT2D eigenvalue weighted by Gasteiger charge is 2.13. The van der Waals surface area contributed by atoms with Gasteiger partial charge in [0.25, 0.3) is 0 Å². The zero-order valence-electron chi connectivity index (χ0n) is 10.6. The molecule has 0 saturated carbocycles. The maximum atomic E-state index is 5.65. The van der Waals surface area contributed by atoms with Gasteiger partial charge in [0.1, 0.15) is 0 Å². The minimum Gasteiger partial charge on any atom is -0.361 e. The molecule has 0 fully saturated rings. The molecule has 3 nitrogen and oxygen atoms in total. The molecule has 0 aliphatic rings. The number of aromatic amines is 1. The van der Waals surface area contributed by atoms with Gasteiger partial charge < -0.3 is 10.7 Å². The lowest BCUT2D eigenvalue weighted by atomic mass is 10.0. The highest BCUT2D eigenvalue weighted by atomic mass is 15.1. The van der Waals surface area contributed by atoms with Gasteiger partial charge >= 0.3 is 0 Å². The first-order valence-electron chi connectivity index (χ1n) is 6.27. The Bertz CT molecular complexity index is 475. The molecule has 0 aliphatic carbocycles. The number of hydrogen-bond acceptors (Lipinski definition) is 2. The lowest BCUT2D eigenvalue weighted by Crippen LogP contribution is -2.31. The summed E-state index contributed by atoms with van der Waals surface area (Å²) in [7, 11) is 0. The highest BCUT2D eigenvalue weighted by molar-refractivity contribution is 5.80. The Balaban J connectivity index is 2.24. The molecule has 0 radical (unpaired) electrons. The number of benzene rings is 1. The van der Waals surface area contributed by atoms with Crippen molar-refractivity contribution >= 4 is 10.9 Å². The zero-order chi connectivity index (χ0) is 12.3. The van der Waals surface area contributed by atoms with E-state index in [1.165, 1.54) is 16.5 Å². The number of fused-ring (bicyclic) bond motifs is 1. The molecule has 92 valence electrons. The molecule has 3 heteroatoms. The maximum absolute atomic E-state index is 5.65. The van der Waals surface area contributed by atoms with Crippen molar-refractivity contribution in [2.24, 2.45) is 5.73 Å². The number of nitrogens with two attached hydrogens (primary N) is 1. The van der Waals surface area contributed by atoms with Crippen molar-refractivity contribution < 1.29 is 0 Å². The van der Waals surface area contributed by atoms with Crippen LogP contribution < -0.4 is 5.73 Å². The number of aromatic nitrogens is 1. The van der Waals surface area contributed by atoms with Crippen LogP contribution in [0.1, 0.15) is 25.5 Å². The van der Waals surface area contributed by atoms with Crippen LogP contribution in [-0.4, -0.2) is 29.5 Å². The first kappa shape index (κ1) is 12.1. The van der Waals surface area contributed by atoms with Crippen molar-refractivity contribution in [3.63, 3.8) is 0 Å². The summed E-state index contributed by atoms with van der Waals surface area (Å²) in [6, 6.07) is 9.14. The predicted octanol–water partition coefficient (Wildman–Crippen LogP) is 2.51. The van der Waals surface area contributed by atoms with E-state index in [0.29, 0.717) is 12.6 Å². The van der Waals surface area contributed by atoms with E-state index < -0.39 is 0 Å². The normalized spacial score (nSPS) is 13.4. The summed E-state index contributed by atoms with van der Waals surface area (Å²) in [4.78, 5) is 5.62. The molecule has 1 aromatic carbocycles. The van der Waals surface area contributed by atoms with Gasteiger partial charge in [-0.2, -0.15) is 0 Å². The van der Waals surface area contributed by atoms with Gasteiger partial charge in [-0.25, -0.2) is 0 Å². The van der Waals surface area contributed by atoms with Crippen molar-refractivity contribution in [2.45, 2.75) is 19.9 Å². The highest BCUT2D eigenvalue weighted by Crippen LogP contribution is 2.23. The second kappa shape index (κ2) is 5.34. The van der Waals surface area contributed by atoms with Crippen molar-refractivity contribution in [3.8, 4) is 0 Å². The van der Waals surface area contributed by atoms with Crippen LogP contribution in [0.2, 0.25) is 0 Å². The third-order valence-corrected chi connectivity index (χ3v) is 3.43. The quantitative estimate of drug-likeness (QED) is 0.830. The molecule has 17 heavy (non-hydrogen) atoms. The molecule has 2 aromatic rings. The Morgan fingerprint density at radius 3 is 2.88 bits per heavy atom. The fraction of sp³-hybridized carbons (Fsp3) is 0.429. The smallest absolute Gasteiger partial charge is 0.0454 e. The average Bonchev–Trinajstić information content (AvgIpc) is 2.82. The first-order valence-corrected chi connectivity index (χ1v) is 6.27. The third-order valence-electron chi connectivity index (χ3n) is 3.43. The molecular formula is C14H21N3. The Kier molecular flexibility index (Phi) is 3.82. The Morgan fingerprint density at radius 1 is 1.35 bits per heavy atom. The van der Waals surface area contributed by atoms with E-state index in [1.54, 1.807) is 0 Å². The van der Waals surface area contributed by atoms with E-state index in [4.69, 9.17) is 5.73 Å². The van der Waals surface area contributed by atoms with E-state index in [0.717, 1.165) is 13.1 Å². The summed E-state index contributed by atoms with van der Waals surface area (Å²) < 4.78 is 0. The molecule has 0 bridgehead atoms. The molecule has 1 heterocycles. The van der Waals surface area contributed by atoms with Gasteiger partial charge in [-0.3, -0.25) is 4.90 Å². The van der Waals surface area contributed by atoms with Crippen LogP contribution in [0, 0.1) is 0 Å². The van der Waals surface area contributed by atoms with E-state index in [9.17, 15) is 0 Å². The molecule has 1 aromatic heterocycles. The van der Waals surface area contributed by atoms with Gasteiger partial charge in [0, 0.05) is 30.8 Å². The lowest BCUT2D eigenvalue weighted by molar-refractivity contribution is 0.228. The number of nitrogens with one attached hydrogen (secondary N) is 1. The Labute approximate surface area is 103 Å². The van der Waals surface area contributed by atoms with E-state index >= 15 is 0 Å². The lowest BCUT2D eigenvalue weighted by Gasteiger charge is -2.27. The van der Waals surface area contributed by atoms with Crippen molar-refractivity contribution in [1.29, 1.82) is 0 Å². The molecular weight excluding hydrogens is 210 g/mol. The second-order valence-corrected chi connectivity index (χ2v) is 4.42. The predicted molar refractivity (Wildman–Crippen MR) is 73.0 cm³/mol. The average molecular weight is 231 g/mol. The summed E-state index contributed by atoms with van der Waals surface area (Å²) in [5.74, 6) is 0. The van der Waals surface area contributed by atoms with Crippen LogP contribution in [-0.2, 0) is 0 Å². The van der Waals surface area contributed by atoms with Gasteiger partial charge in [-0.05, 0) is 42.6 Å². The van der Waals surface area contributed by atoms with Crippen LogP contribution in [0.3, 0.4) is 0 Å². The molecule has 1 atom stereocenters.